The van der Waals surface area contributed by atoms with E-state index in [0.29, 0.717) is 12.2 Å². The molecule has 2 aromatic carbocycles. The summed E-state index contributed by atoms with van der Waals surface area (Å²) in [5.41, 5.74) is 2.63. The molecule has 88 valence electrons. The van der Waals surface area contributed by atoms with E-state index in [9.17, 15) is 0 Å². The Morgan fingerprint density at radius 1 is 1.06 bits per heavy atom. The minimum absolute atomic E-state index is 0.398. The van der Waals surface area contributed by atoms with Gasteiger partial charge in [0.05, 0.1) is 17.8 Å². The molecule has 3 nitrogen and oxygen atoms in total. The second kappa shape index (κ2) is 6.21. The van der Waals surface area contributed by atoms with Gasteiger partial charge in [0.1, 0.15) is 6.61 Å². The normalized spacial score (nSPS) is 10.2. The van der Waals surface area contributed by atoms with Crippen LogP contribution in [0.3, 0.4) is 0 Å². The van der Waals surface area contributed by atoms with Gasteiger partial charge in [-0.25, -0.2) is 0 Å². The maximum atomic E-state index is 8.66. The molecule has 0 aromatic heterocycles. The fourth-order valence-corrected chi connectivity index (χ4v) is 1.42. The van der Waals surface area contributed by atoms with Crippen molar-refractivity contribution < 1.29 is 4.84 Å². The molecule has 0 aliphatic carbocycles. The van der Waals surface area contributed by atoms with Crippen LogP contribution in [0.2, 0.25) is 0 Å². The maximum absolute atomic E-state index is 8.66. The van der Waals surface area contributed by atoms with Gasteiger partial charge >= 0.3 is 0 Å². The Hall–Kier alpha value is -2.60. The van der Waals surface area contributed by atoms with Gasteiger partial charge in [-0.05, 0) is 23.3 Å². The molecule has 0 bridgehead atoms. The second-order valence-electron chi connectivity index (χ2n) is 3.73. The molecule has 0 amide bonds. The fraction of sp³-hybridized carbons (Fsp3) is 0.0667. The van der Waals surface area contributed by atoms with Gasteiger partial charge in [0.2, 0.25) is 0 Å². The van der Waals surface area contributed by atoms with Crippen molar-refractivity contribution in [2.24, 2.45) is 5.16 Å². The van der Waals surface area contributed by atoms with Crippen LogP contribution < -0.4 is 0 Å². The number of hydrogen-bond acceptors (Lipinski definition) is 3. The van der Waals surface area contributed by atoms with E-state index in [1.807, 2.05) is 42.5 Å². The number of benzene rings is 2. The lowest BCUT2D eigenvalue weighted by molar-refractivity contribution is 0.132. The molecule has 0 saturated heterocycles. The van der Waals surface area contributed by atoms with Crippen molar-refractivity contribution in [3.63, 3.8) is 0 Å². The van der Waals surface area contributed by atoms with Crippen molar-refractivity contribution in [2.45, 2.75) is 6.61 Å². The zero-order valence-electron chi connectivity index (χ0n) is 9.78. The van der Waals surface area contributed by atoms with Crippen LogP contribution in [0, 0.1) is 11.3 Å². The Kier molecular flexibility index (Phi) is 4.10. The van der Waals surface area contributed by atoms with Gasteiger partial charge in [-0.1, -0.05) is 47.6 Å². The Morgan fingerprint density at radius 2 is 1.78 bits per heavy atom. The smallest absolute Gasteiger partial charge is 0.142 e. The number of hydrogen-bond donors (Lipinski definition) is 0. The average molecular weight is 236 g/mol. The van der Waals surface area contributed by atoms with Crippen molar-refractivity contribution in [1.29, 1.82) is 5.26 Å². The van der Waals surface area contributed by atoms with Crippen LogP contribution in [0.4, 0.5) is 0 Å². The quantitative estimate of drug-likeness (QED) is 0.604. The molecule has 0 radical (unpaired) electrons. The average Bonchev–Trinajstić information content (AvgIpc) is 2.45. The van der Waals surface area contributed by atoms with Gasteiger partial charge in [0.25, 0.3) is 0 Å². The number of nitrogens with zero attached hydrogens (tertiary/aromatic N) is 2. The van der Waals surface area contributed by atoms with E-state index in [2.05, 4.69) is 11.2 Å². The van der Waals surface area contributed by atoms with E-state index in [4.69, 9.17) is 10.1 Å². The molecule has 0 saturated carbocycles. The molecule has 0 heterocycles. The topological polar surface area (TPSA) is 45.4 Å². The highest BCUT2D eigenvalue weighted by Crippen LogP contribution is 2.05. The van der Waals surface area contributed by atoms with Crippen molar-refractivity contribution in [3.8, 4) is 6.07 Å². The van der Waals surface area contributed by atoms with E-state index in [0.717, 1.165) is 11.1 Å². The molecule has 0 fully saturated rings. The summed E-state index contributed by atoms with van der Waals surface area (Å²) in [6, 6.07) is 19.1. The summed E-state index contributed by atoms with van der Waals surface area (Å²) in [4.78, 5) is 5.18. The zero-order chi connectivity index (χ0) is 12.6. The minimum Gasteiger partial charge on any atom is -0.391 e. The van der Waals surface area contributed by atoms with Crippen molar-refractivity contribution in [3.05, 3.63) is 71.3 Å². The second-order valence-corrected chi connectivity index (χ2v) is 3.73. The molecule has 0 aliphatic rings. The molecule has 3 heteroatoms. The van der Waals surface area contributed by atoms with Crippen molar-refractivity contribution >= 4 is 6.21 Å². The van der Waals surface area contributed by atoms with Crippen molar-refractivity contribution in [2.75, 3.05) is 0 Å². The van der Waals surface area contributed by atoms with E-state index >= 15 is 0 Å². The van der Waals surface area contributed by atoms with Gasteiger partial charge in [0.15, 0.2) is 0 Å². The van der Waals surface area contributed by atoms with Crippen LogP contribution in [0.15, 0.2) is 59.8 Å². The minimum atomic E-state index is 0.398. The first-order valence-electron chi connectivity index (χ1n) is 5.58. The summed E-state index contributed by atoms with van der Waals surface area (Å²) in [7, 11) is 0. The highest BCUT2D eigenvalue weighted by atomic mass is 16.6. The zero-order valence-corrected chi connectivity index (χ0v) is 9.78. The summed E-state index contributed by atoms with van der Waals surface area (Å²) in [6.07, 6.45) is 1.67. The first kappa shape index (κ1) is 11.9. The molecular weight excluding hydrogens is 224 g/mol. The van der Waals surface area contributed by atoms with Crippen LogP contribution in [0.5, 0.6) is 0 Å². The van der Waals surface area contributed by atoms with Crippen LogP contribution in [0.1, 0.15) is 16.7 Å². The Bertz CT molecular complexity index is 553. The van der Waals surface area contributed by atoms with E-state index in [1.165, 1.54) is 0 Å². The lowest BCUT2D eigenvalue weighted by Gasteiger charge is -1.99. The Labute approximate surface area is 106 Å². The largest absolute Gasteiger partial charge is 0.391 e. The maximum Gasteiger partial charge on any atom is 0.142 e. The van der Waals surface area contributed by atoms with E-state index in [-0.39, 0.29) is 0 Å². The van der Waals surface area contributed by atoms with Crippen LogP contribution >= 0.6 is 0 Å². The molecule has 0 atom stereocenters. The summed E-state index contributed by atoms with van der Waals surface area (Å²) in [6.45, 7) is 0.398. The van der Waals surface area contributed by atoms with Crippen molar-refractivity contribution in [1.82, 2.24) is 0 Å². The summed E-state index contributed by atoms with van der Waals surface area (Å²) in [5.74, 6) is 0. The number of nitriles is 1. The third-order valence-corrected chi connectivity index (χ3v) is 2.39. The molecule has 2 aromatic rings. The lowest BCUT2D eigenvalue weighted by atomic mass is 10.2. The number of rotatable bonds is 4. The predicted octanol–water partition coefficient (Wildman–Crippen LogP) is 3.11. The Balaban J connectivity index is 1.85. The molecular formula is C15H12N2O. The monoisotopic (exact) mass is 236 g/mol. The number of oxime groups is 1. The third kappa shape index (κ3) is 3.46. The van der Waals surface area contributed by atoms with Crippen LogP contribution in [-0.2, 0) is 11.4 Å². The lowest BCUT2D eigenvalue weighted by Crippen LogP contribution is -1.88. The molecule has 0 unspecified atom stereocenters. The van der Waals surface area contributed by atoms with Crippen LogP contribution in [-0.4, -0.2) is 6.21 Å². The standard InChI is InChI=1S/C15H12N2O/c16-10-13-6-8-15(9-7-13)12-18-17-11-14-4-2-1-3-5-14/h1-9,11H,12H2. The Morgan fingerprint density at radius 3 is 2.44 bits per heavy atom. The van der Waals surface area contributed by atoms with E-state index in [1.54, 1.807) is 18.3 Å². The highest BCUT2D eigenvalue weighted by molar-refractivity contribution is 5.78. The summed E-state index contributed by atoms with van der Waals surface area (Å²) in [5, 5.41) is 12.6. The summed E-state index contributed by atoms with van der Waals surface area (Å²) >= 11 is 0. The van der Waals surface area contributed by atoms with Gasteiger partial charge < -0.3 is 4.84 Å². The molecule has 0 aliphatic heterocycles. The first-order chi connectivity index (χ1) is 8.88. The van der Waals surface area contributed by atoms with Gasteiger partial charge in [-0.15, -0.1) is 0 Å². The SMILES string of the molecule is N#Cc1ccc(CON=Cc2ccccc2)cc1. The van der Waals surface area contributed by atoms with E-state index < -0.39 is 0 Å². The van der Waals surface area contributed by atoms with Gasteiger partial charge in [-0.3, -0.25) is 0 Å². The molecule has 18 heavy (non-hydrogen) atoms. The highest BCUT2D eigenvalue weighted by Gasteiger charge is 1.93. The molecule has 2 rings (SSSR count). The third-order valence-electron chi connectivity index (χ3n) is 2.39. The predicted molar refractivity (Wildman–Crippen MR) is 70.0 cm³/mol. The van der Waals surface area contributed by atoms with Crippen LogP contribution in [0.25, 0.3) is 0 Å². The fourth-order valence-electron chi connectivity index (χ4n) is 1.42. The molecule has 0 N–H and O–H groups in total. The summed E-state index contributed by atoms with van der Waals surface area (Å²) < 4.78 is 0. The van der Waals surface area contributed by atoms with Gasteiger partial charge in [-0.2, -0.15) is 5.26 Å². The first-order valence-corrected chi connectivity index (χ1v) is 5.58. The van der Waals surface area contributed by atoms with Gasteiger partial charge in [0, 0.05) is 0 Å². The molecule has 0 spiro atoms.